The largest absolute Gasteiger partial charge is 0.336 e. The van der Waals surface area contributed by atoms with Crippen LogP contribution in [-0.2, 0) is 0 Å². The first-order chi connectivity index (χ1) is 4.25. The summed E-state index contributed by atoms with van der Waals surface area (Å²) in [4.78, 5) is 12.4. The highest BCUT2D eigenvalue weighted by atomic mass is 79.9. The standard InChI is InChI=1S/C5H9BrN2O/c1-8-4(2-6)3-7-5(8)9/h4H,2-3H2,1H3,(H,7,9)/t4-/m1/s1. The number of likely N-dealkylation sites (N-methyl/N-ethyl adjacent to an activating group) is 1. The molecule has 0 aromatic heterocycles. The Morgan fingerprint density at radius 3 is 2.89 bits per heavy atom. The Balaban J connectivity index is 2.51. The number of hydrogen-bond acceptors (Lipinski definition) is 1. The Kier molecular flexibility index (Phi) is 1.95. The van der Waals surface area contributed by atoms with E-state index in [4.69, 9.17) is 0 Å². The average molecular weight is 193 g/mol. The monoisotopic (exact) mass is 192 g/mol. The number of halogens is 1. The molecule has 1 heterocycles. The van der Waals surface area contributed by atoms with Crippen LogP contribution in [0.2, 0.25) is 0 Å². The summed E-state index contributed by atoms with van der Waals surface area (Å²) in [5.74, 6) is 0. The normalized spacial score (nSPS) is 26.7. The topological polar surface area (TPSA) is 32.3 Å². The smallest absolute Gasteiger partial charge is 0.317 e. The zero-order valence-corrected chi connectivity index (χ0v) is 6.81. The minimum atomic E-state index is 0.0273. The molecule has 4 heteroatoms. The third kappa shape index (κ3) is 1.18. The zero-order valence-electron chi connectivity index (χ0n) is 5.22. The molecule has 2 amide bonds. The van der Waals surface area contributed by atoms with Crippen LogP contribution in [0.25, 0.3) is 0 Å². The number of nitrogens with one attached hydrogen (secondary N) is 1. The van der Waals surface area contributed by atoms with Gasteiger partial charge in [0.2, 0.25) is 0 Å². The Morgan fingerprint density at radius 2 is 2.67 bits per heavy atom. The van der Waals surface area contributed by atoms with Gasteiger partial charge in [0.05, 0.1) is 6.04 Å². The summed E-state index contributed by atoms with van der Waals surface area (Å²) in [7, 11) is 1.80. The van der Waals surface area contributed by atoms with E-state index in [9.17, 15) is 4.79 Å². The van der Waals surface area contributed by atoms with E-state index in [-0.39, 0.29) is 6.03 Å². The lowest BCUT2D eigenvalue weighted by atomic mass is 10.3. The Hall–Kier alpha value is -0.250. The van der Waals surface area contributed by atoms with Gasteiger partial charge in [-0.3, -0.25) is 0 Å². The second-order valence-corrected chi connectivity index (χ2v) is 2.75. The maximum atomic E-state index is 10.7. The van der Waals surface area contributed by atoms with Gasteiger partial charge in [-0.2, -0.15) is 0 Å². The van der Waals surface area contributed by atoms with E-state index in [0.29, 0.717) is 6.04 Å². The number of rotatable bonds is 1. The molecule has 9 heavy (non-hydrogen) atoms. The van der Waals surface area contributed by atoms with E-state index in [1.165, 1.54) is 0 Å². The fraction of sp³-hybridized carbons (Fsp3) is 0.800. The first kappa shape index (κ1) is 6.86. The molecule has 1 aliphatic rings. The van der Waals surface area contributed by atoms with Crippen LogP contribution < -0.4 is 5.32 Å². The van der Waals surface area contributed by atoms with Gasteiger partial charge in [0.25, 0.3) is 0 Å². The number of hydrogen-bond donors (Lipinski definition) is 1. The molecule has 3 nitrogen and oxygen atoms in total. The van der Waals surface area contributed by atoms with Gasteiger partial charge in [0.15, 0.2) is 0 Å². The SMILES string of the molecule is CN1C(=O)NC[C@H]1CBr. The zero-order chi connectivity index (χ0) is 6.85. The molecule has 1 atom stereocenters. The minimum absolute atomic E-state index is 0.0273. The second-order valence-electron chi connectivity index (χ2n) is 2.11. The lowest BCUT2D eigenvalue weighted by Crippen LogP contribution is -2.30. The number of amides is 2. The molecule has 0 aromatic carbocycles. The van der Waals surface area contributed by atoms with Crippen molar-refractivity contribution in [2.75, 3.05) is 18.9 Å². The van der Waals surface area contributed by atoms with Crippen molar-refractivity contribution in [1.29, 1.82) is 0 Å². The van der Waals surface area contributed by atoms with Gasteiger partial charge in [-0.15, -0.1) is 0 Å². The van der Waals surface area contributed by atoms with Crippen LogP contribution in [0.15, 0.2) is 0 Å². The number of alkyl halides is 1. The lowest BCUT2D eigenvalue weighted by molar-refractivity contribution is 0.219. The highest BCUT2D eigenvalue weighted by Crippen LogP contribution is 2.05. The van der Waals surface area contributed by atoms with E-state index >= 15 is 0 Å². The van der Waals surface area contributed by atoms with E-state index < -0.39 is 0 Å². The molecule has 1 rings (SSSR count). The van der Waals surface area contributed by atoms with Gasteiger partial charge in [-0.05, 0) is 0 Å². The predicted molar refractivity (Wildman–Crippen MR) is 38.7 cm³/mol. The third-order valence-corrected chi connectivity index (χ3v) is 2.28. The van der Waals surface area contributed by atoms with Gasteiger partial charge in [0.1, 0.15) is 0 Å². The van der Waals surface area contributed by atoms with Gasteiger partial charge >= 0.3 is 6.03 Å². The molecule has 1 fully saturated rings. The number of nitrogens with zero attached hydrogens (tertiary/aromatic N) is 1. The molecule has 1 N–H and O–H groups in total. The average Bonchev–Trinajstić information content (AvgIpc) is 2.15. The summed E-state index contributed by atoms with van der Waals surface area (Å²) in [5, 5.41) is 3.58. The third-order valence-electron chi connectivity index (χ3n) is 1.54. The minimum Gasteiger partial charge on any atom is -0.336 e. The molecule has 0 radical (unpaired) electrons. The quantitative estimate of drug-likeness (QED) is 0.601. The summed E-state index contributed by atoms with van der Waals surface area (Å²) >= 11 is 3.31. The van der Waals surface area contributed by atoms with Crippen LogP contribution in [0.3, 0.4) is 0 Å². The number of carbonyl (C=O) groups excluding carboxylic acids is 1. The number of urea groups is 1. The van der Waals surface area contributed by atoms with Crippen LogP contribution >= 0.6 is 15.9 Å². The van der Waals surface area contributed by atoms with Crippen molar-refractivity contribution in [3.63, 3.8) is 0 Å². The van der Waals surface area contributed by atoms with E-state index in [1.807, 2.05) is 0 Å². The fourth-order valence-electron chi connectivity index (χ4n) is 0.791. The van der Waals surface area contributed by atoms with Crippen molar-refractivity contribution in [3.8, 4) is 0 Å². The Bertz CT molecular complexity index is 128. The summed E-state index contributed by atoms with van der Waals surface area (Å²) in [5.41, 5.74) is 0. The predicted octanol–water partition coefficient (Wildman–Crippen LogP) is 0.405. The van der Waals surface area contributed by atoms with Crippen molar-refractivity contribution in [1.82, 2.24) is 10.2 Å². The Morgan fingerprint density at radius 1 is 2.00 bits per heavy atom. The molecule has 1 saturated heterocycles. The van der Waals surface area contributed by atoms with Crippen molar-refractivity contribution in [2.24, 2.45) is 0 Å². The molecular weight excluding hydrogens is 184 g/mol. The molecule has 0 unspecified atom stereocenters. The maximum Gasteiger partial charge on any atom is 0.317 e. The van der Waals surface area contributed by atoms with Crippen molar-refractivity contribution < 1.29 is 4.79 Å². The van der Waals surface area contributed by atoms with E-state index in [1.54, 1.807) is 11.9 Å². The van der Waals surface area contributed by atoms with Crippen LogP contribution in [0.4, 0.5) is 4.79 Å². The lowest BCUT2D eigenvalue weighted by Gasteiger charge is -2.13. The van der Waals surface area contributed by atoms with Gasteiger partial charge in [-0.25, -0.2) is 4.79 Å². The van der Waals surface area contributed by atoms with Crippen molar-refractivity contribution in [3.05, 3.63) is 0 Å². The summed E-state index contributed by atoms with van der Waals surface area (Å²) < 4.78 is 0. The summed E-state index contributed by atoms with van der Waals surface area (Å²) in [6.07, 6.45) is 0. The van der Waals surface area contributed by atoms with Crippen molar-refractivity contribution >= 4 is 22.0 Å². The van der Waals surface area contributed by atoms with Gasteiger partial charge in [0, 0.05) is 18.9 Å². The first-order valence-electron chi connectivity index (χ1n) is 2.82. The summed E-state index contributed by atoms with van der Waals surface area (Å²) in [6.45, 7) is 0.764. The molecule has 0 aliphatic carbocycles. The van der Waals surface area contributed by atoms with E-state index in [0.717, 1.165) is 11.9 Å². The van der Waals surface area contributed by atoms with Crippen LogP contribution in [0.1, 0.15) is 0 Å². The van der Waals surface area contributed by atoms with Crippen LogP contribution in [0.5, 0.6) is 0 Å². The van der Waals surface area contributed by atoms with Crippen molar-refractivity contribution in [2.45, 2.75) is 6.04 Å². The fourth-order valence-corrected chi connectivity index (χ4v) is 1.45. The molecule has 0 aromatic rings. The highest BCUT2D eigenvalue weighted by Gasteiger charge is 2.25. The second kappa shape index (κ2) is 2.56. The highest BCUT2D eigenvalue weighted by molar-refractivity contribution is 9.09. The van der Waals surface area contributed by atoms with Crippen LogP contribution in [0, 0.1) is 0 Å². The summed E-state index contributed by atoms with van der Waals surface area (Å²) in [6, 6.07) is 0.358. The molecular formula is C5H9BrN2O. The maximum absolute atomic E-state index is 10.7. The van der Waals surface area contributed by atoms with Gasteiger partial charge < -0.3 is 10.2 Å². The van der Waals surface area contributed by atoms with E-state index in [2.05, 4.69) is 21.2 Å². The van der Waals surface area contributed by atoms with Gasteiger partial charge in [-0.1, -0.05) is 15.9 Å². The van der Waals surface area contributed by atoms with Crippen LogP contribution in [-0.4, -0.2) is 35.9 Å². The Labute approximate surface area is 62.5 Å². The molecule has 0 bridgehead atoms. The first-order valence-corrected chi connectivity index (χ1v) is 3.94. The number of carbonyl (C=O) groups is 1. The molecule has 52 valence electrons. The molecule has 1 aliphatic heterocycles. The molecule has 0 saturated carbocycles. The molecule has 0 spiro atoms.